The number of nitrogens with zero attached hydrogens (tertiary/aromatic N) is 3. The third-order valence-electron chi connectivity index (χ3n) is 5.73. The number of aromatic nitrogens is 1. The van der Waals surface area contributed by atoms with E-state index in [1.54, 1.807) is 0 Å². The monoisotopic (exact) mass is 389 g/mol. The molecule has 1 saturated heterocycles. The average Bonchev–Trinajstić information content (AvgIpc) is 2.77. The predicted octanol–water partition coefficient (Wildman–Crippen LogP) is 4.97. The minimum atomic E-state index is 0.601. The maximum Gasteiger partial charge on any atom is 0.135 e. The lowest BCUT2D eigenvalue weighted by atomic mass is 9.95. The van der Waals surface area contributed by atoms with Crippen molar-refractivity contribution >= 4 is 16.7 Å². The van der Waals surface area contributed by atoms with Crippen LogP contribution < -0.4 is 4.90 Å². The fourth-order valence-electron chi connectivity index (χ4n) is 4.01. The van der Waals surface area contributed by atoms with Gasteiger partial charge in [-0.1, -0.05) is 61.9 Å². The van der Waals surface area contributed by atoms with E-state index < -0.39 is 0 Å². The van der Waals surface area contributed by atoms with Crippen LogP contribution in [0.5, 0.6) is 0 Å². The Labute approximate surface area is 174 Å². The molecule has 3 aromatic rings. The SMILES string of the molecule is CCCCOCc1c(N2CCN(C)CC2)nc2ccccc2c1-c1ccccc1. The smallest absolute Gasteiger partial charge is 0.135 e. The van der Waals surface area contributed by atoms with Crippen LogP contribution >= 0.6 is 0 Å². The van der Waals surface area contributed by atoms with Crippen molar-refractivity contribution in [2.45, 2.75) is 26.4 Å². The number of benzene rings is 2. The van der Waals surface area contributed by atoms with Gasteiger partial charge in [-0.25, -0.2) is 4.98 Å². The molecule has 4 heteroatoms. The van der Waals surface area contributed by atoms with Gasteiger partial charge in [0.25, 0.3) is 0 Å². The Balaban J connectivity index is 1.85. The van der Waals surface area contributed by atoms with Gasteiger partial charge in [-0.3, -0.25) is 0 Å². The molecule has 4 rings (SSSR count). The van der Waals surface area contributed by atoms with E-state index in [1.165, 1.54) is 22.1 Å². The van der Waals surface area contributed by atoms with Crippen LogP contribution in [0.1, 0.15) is 25.3 Å². The van der Waals surface area contributed by atoms with Crippen molar-refractivity contribution in [1.82, 2.24) is 9.88 Å². The molecule has 29 heavy (non-hydrogen) atoms. The van der Waals surface area contributed by atoms with Crippen LogP contribution in [-0.2, 0) is 11.3 Å². The lowest BCUT2D eigenvalue weighted by molar-refractivity contribution is 0.118. The third kappa shape index (κ3) is 4.44. The van der Waals surface area contributed by atoms with Gasteiger partial charge in [0, 0.05) is 49.3 Å². The highest BCUT2D eigenvalue weighted by atomic mass is 16.5. The molecule has 0 saturated carbocycles. The standard InChI is InChI=1S/C25H31N3O/c1-3-4-18-29-19-22-24(20-10-6-5-7-11-20)21-12-8-9-13-23(21)26-25(22)28-16-14-27(2)15-17-28/h5-13H,3-4,14-19H2,1-2H3. The molecule has 1 aliphatic heterocycles. The predicted molar refractivity (Wildman–Crippen MR) is 121 cm³/mol. The van der Waals surface area contributed by atoms with Crippen molar-refractivity contribution < 1.29 is 4.74 Å². The molecule has 1 aliphatic rings. The highest BCUT2D eigenvalue weighted by Crippen LogP contribution is 2.37. The lowest BCUT2D eigenvalue weighted by Crippen LogP contribution is -2.45. The van der Waals surface area contributed by atoms with E-state index in [0.29, 0.717) is 6.61 Å². The molecule has 2 heterocycles. The number of pyridine rings is 1. The van der Waals surface area contributed by atoms with Crippen LogP contribution in [0.15, 0.2) is 54.6 Å². The van der Waals surface area contributed by atoms with Crippen LogP contribution in [0.4, 0.5) is 5.82 Å². The number of unbranched alkanes of at least 4 members (excludes halogenated alkanes) is 1. The van der Waals surface area contributed by atoms with E-state index in [1.807, 2.05) is 0 Å². The first kappa shape index (κ1) is 19.9. The van der Waals surface area contributed by atoms with Gasteiger partial charge in [-0.05, 0) is 25.1 Å². The summed E-state index contributed by atoms with van der Waals surface area (Å²) in [6.45, 7) is 7.71. The van der Waals surface area contributed by atoms with Gasteiger partial charge in [0.15, 0.2) is 0 Å². The van der Waals surface area contributed by atoms with E-state index >= 15 is 0 Å². The fraction of sp³-hybridized carbons (Fsp3) is 0.400. The molecular weight excluding hydrogens is 358 g/mol. The van der Waals surface area contributed by atoms with Crippen LogP contribution in [0.3, 0.4) is 0 Å². The number of hydrogen-bond acceptors (Lipinski definition) is 4. The number of ether oxygens (including phenoxy) is 1. The number of likely N-dealkylation sites (N-methyl/N-ethyl adjacent to an activating group) is 1. The first-order chi connectivity index (χ1) is 14.3. The van der Waals surface area contributed by atoms with Gasteiger partial charge in [0.2, 0.25) is 0 Å². The Morgan fingerprint density at radius 1 is 0.931 bits per heavy atom. The molecule has 0 amide bonds. The van der Waals surface area contributed by atoms with Gasteiger partial charge in [-0.15, -0.1) is 0 Å². The van der Waals surface area contributed by atoms with E-state index in [9.17, 15) is 0 Å². The largest absolute Gasteiger partial charge is 0.377 e. The van der Waals surface area contributed by atoms with Crippen molar-refractivity contribution in [3.63, 3.8) is 0 Å². The van der Waals surface area contributed by atoms with Crippen LogP contribution in [0.2, 0.25) is 0 Å². The van der Waals surface area contributed by atoms with Crippen molar-refractivity contribution in [2.24, 2.45) is 0 Å². The average molecular weight is 390 g/mol. The highest BCUT2D eigenvalue weighted by Gasteiger charge is 2.23. The van der Waals surface area contributed by atoms with Crippen LogP contribution in [-0.4, -0.2) is 49.7 Å². The number of rotatable bonds is 7. The second kappa shape index (κ2) is 9.38. The highest BCUT2D eigenvalue weighted by molar-refractivity contribution is 5.98. The molecule has 4 nitrogen and oxygen atoms in total. The van der Waals surface area contributed by atoms with Crippen molar-refractivity contribution in [2.75, 3.05) is 44.7 Å². The van der Waals surface area contributed by atoms with Crippen molar-refractivity contribution in [3.8, 4) is 11.1 Å². The molecule has 0 N–H and O–H groups in total. The zero-order valence-corrected chi connectivity index (χ0v) is 17.6. The van der Waals surface area contributed by atoms with Crippen LogP contribution in [0.25, 0.3) is 22.0 Å². The zero-order valence-electron chi connectivity index (χ0n) is 17.6. The summed E-state index contributed by atoms with van der Waals surface area (Å²) in [4.78, 5) is 9.96. The molecule has 152 valence electrons. The quantitative estimate of drug-likeness (QED) is 0.534. The third-order valence-corrected chi connectivity index (χ3v) is 5.73. The lowest BCUT2D eigenvalue weighted by Gasteiger charge is -2.35. The Kier molecular flexibility index (Phi) is 6.43. The molecule has 0 spiro atoms. The molecule has 1 aromatic heterocycles. The molecule has 1 fully saturated rings. The summed E-state index contributed by atoms with van der Waals surface area (Å²) in [5, 5.41) is 1.20. The van der Waals surface area contributed by atoms with E-state index in [2.05, 4.69) is 78.4 Å². The fourth-order valence-corrected chi connectivity index (χ4v) is 4.01. The Hall–Kier alpha value is -2.43. The summed E-state index contributed by atoms with van der Waals surface area (Å²) < 4.78 is 6.15. The van der Waals surface area contributed by atoms with E-state index in [-0.39, 0.29) is 0 Å². The summed E-state index contributed by atoms with van der Waals surface area (Å²) in [5.41, 5.74) is 4.77. The maximum atomic E-state index is 6.15. The summed E-state index contributed by atoms with van der Waals surface area (Å²) in [5.74, 6) is 1.09. The topological polar surface area (TPSA) is 28.6 Å². The zero-order chi connectivity index (χ0) is 20.1. The van der Waals surface area contributed by atoms with Crippen LogP contribution in [0, 0.1) is 0 Å². The Morgan fingerprint density at radius 2 is 1.66 bits per heavy atom. The van der Waals surface area contributed by atoms with Crippen molar-refractivity contribution in [1.29, 1.82) is 0 Å². The second-order valence-corrected chi connectivity index (χ2v) is 7.87. The minimum absolute atomic E-state index is 0.601. The summed E-state index contributed by atoms with van der Waals surface area (Å²) in [6.07, 6.45) is 2.23. The number of para-hydroxylation sites is 1. The second-order valence-electron chi connectivity index (χ2n) is 7.87. The Bertz CT molecular complexity index is 933. The van der Waals surface area contributed by atoms with Gasteiger partial charge in [0.05, 0.1) is 12.1 Å². The van der Waals surface area contributed by atoms with Gasteiger partial charge in [-0.2, -0.15) is 0 Å². The molecule has 0 bridgehead atoms. The van der Waals surface area contributed by atoms with Gasteiger partial charge in [0.1, 0.15) is 5.82 Å². The first-order valence-electron chi connectivity index (χ1n) is 10.8. The number of hydrogen-bond donors (Lipinski definition) is 0. The molecule has 0 aliphatic carbocycles. The minimum Gasteiger partial charge on any atom is -0.377 e. The number of anilines is 1. The molecule has 0 radical (unpaired) electrons. The summed E-state index contributed by atoms with van der Waals surface area (Å²) in [7, 11) is 2.19. The first-order valence-corrected chi connectivity index (χ1v) is 10.8. The molecular formula is C25H31N3O. The van der Waals surface area contributed by atoms with E-state index in [0.717, 1.165) is 57.0 Å². The normalized spacial score (nSPS) is 15.2. The molecule has 2 aromatic carbocycles. The summed E-state index contributed by atoms with van der Waals surface area (Å²) >= 11 is 0. The number of fused-ring (bicyclic) bond motifs is 1. The Morgan fingerprint density at radius 3 is 2.41 bits per heavy atom. The van der Waals surface area contributed by atoms with E-state index in [4.69, 9.17) is 9.72 Å². The molecule has 0 unspecified atom stereocenters. The van der Waals surface area contributed by atoms with Gasteiger partial charge >= 0.3 is 0 Å². The maximum absolute atomic E-state index is 6.15. The molecule has 0 atom stereocenters. The van der Waals surface area contributed by atoms with Gasteiger partial charge < -0.3 is 14.5 Å². The van der Waals surface area contributed by atoms with Crippen molar-refractivity contribution in [3.05, 3.63) is 60.2 Å². The number of piperazine rings is 1. The summed E-state index contributed by atoms with van der Waals surface area (Å²) in [6, 6.07) is 19.2.